The summed E-state index contributed by atoms with van der Waals surface area (Å²) in [5, 5.41) is 1.75. The van der Waals surface area contributed by atoms with Gasteiger partial charge in [-0.05, 0) is 48.7 Å². The highest BCUT2D eigenvalue weighted by atomic mass is 35.5. The number of carbonyl (C=O) groups excluding carboxylic acids is 1. The van der Waals surface area contributed by atoms with Gasteiger partial charge in [-0.15, -0.1) is 0 Å². The van der Waals surface area contributed by atoms with Crippen LogP contribution in [-0.4, -0.2) is 53.1 Å². The number of amides is 1. The van der Waals surface area contributed by atoms with Crippen LogP contribution >= 0.6 is 34.8 Å². The van der Waals surface area contributed by atoms with Crippen molar-refractivity contribution in [2.45, 2.75) is 32.7 Å². The van der Waals surface area contributed by atoms with Gasteiger partial charge in [0.2, 0.25) is 5.91 Å². The molecule has 1 aromatic heterocycles. The van der Waals surface area contributed by atoms with Crippen LogP contribution in [0.1, 0.15) is 32.3 Å². The minimum atomic E-state index is -0.426. The Labute approximate surface area is 259 Å². The van der Waals surface area contributed by atoms with Crippen molar-refractivity contribution in [1.29, 1.82) is 0 Å². The van der Waals surface area contributed by atoms with E-state index in [1.54, 1.807) is 28.7 Å². The predicted molar refractivity (Wildman–Crippen MR) is 172 cm³/mol. The van der Waals surface area contributed by atoms with Gasteiger partial charge < -0.3 is 14.5 Å². The molecule has 0 saturated carbocycles. The number of carbonyl (C=O) groups is 1. The highest BCUT2D eigenvalue weighted by Gasteiger charge is 2.30. The van der Waals surface area contributed by atoms with Crippen molar-refractivity contribution in [1.82, 2.24) is 14.5 Å². The fourth-order valence-corrected chi connectivity index (χ4v) is 6.23. The molecule has 0 bridgehead atoms. The number of hydrogen-bond donors (Lipinski definition) is 0. The molecular formula is C32H31Cl3N4O3. The molecule has 1 fully saturated rings. The first kappa shape index (κ1) is 30.0. The summed E-state index contributed by atoms with van der Waals surface area (Å²) >= 11 is 20.1. The smallest absolute Gasteiger partial charge is 0.354 e. The van der Waals surface area contributed by atoms with Crippen LogP contribution < -0.4 is 15.3 Å². The topological polar surface area (TPSA) is 67.7 Å². The Balaban J connectivity index is 1.81. The molecule has 0 aliphatic carbocycles. The van der Waals surface area contributed by atoms with Crippen molar-refractivity contribution in [3.8, 4) is 22.6 Å². The molecule has 42 heavy (non-hydrogen) atoms. The number of rotatable bonds is 6. The van der Waals surface area contributed by atoms with Gasteiger partial charge in [0.05, 0.1) is 28.4 Å². The molecule has 5 rings (SSSR count). The highest BCUT2D eigenvalue weighted by Crippen LogP contribution is 2.43. The summed E-state index contributed by atoms with van der Waals surface area (Å²) in [5.74, 6) is 1.06. The van der Waals surface area contributed by atoms with Gasteiger partial charge in [-0.3, -0.25) is 9.36 Å². The van der Waals surface area contributed by atoms with E-state index in [9.17, 15) is 9.59 Å². The normalized spacial score (nSPS) is 15.4. The molecule has 0 radical (unpaired) electrons. The van der Waals surface area contributed by atoms with E-state index in [1.807, 2.05) is 43.3 Å². The number of piperazine rings is 1. The second kappa shape index (κ2) is 12.0. The Morgan fingerprint density at radius 3 is 2.48 bits per heavy atom. The maximum Gasteiger partial charge on any atom is 0.354 e. The number of methoxy groups -OCH3 is 1. The summed E-state index contributed by atoms with van der Waals surface area (Å²) in [6.07, 6.45) is 1.32. The molecule has 0 spiro atoms. The Morgan fingerprint density at radius 2 is 1.81 bits per heavy atom. The molecule has 1 unspecified atom stereocenters. The van der Waals surface area contributed by atoms with Gasteiger partial charge in [0.1, 0.15) is 11.6 Å². The van der Waals surface area contributed by atoms with Gasteiger partial charge in [0, 0.05) is 53.3 Å². The third kappa shape index (κ3) is 5.37. The molecule has 10 heteroatoms. The van der Waals surface area contributed by atoms with Crippen LogP contribution in [-0.2, 0) is 4.79 Å². The van der Waals surface area contributed by atoms with Gasteiger partial charge in [-0.25, -0.2) is 4.79 Å². The number of anilines is 1. The summed E-state index contributed by atoms with van der Waals surface area (Å²) in [6.45, 7) is 11.2. The van der Waals surface area contributed by atoms with Crippen LogP contribution in [0.5, 0.6) is 5.75 Å². The first-order valence-electron chi connectivity index (χ1n) is 13.6. The van der Waals surface area contributed by atoms with Crippen molar-refractivity contribution in [2.24, 2.45) is 0 Å². The summed E-state index contributed by atoms with van der Waals surface area (Å²) < 4.78 is 7.08. The van der Waals surface area contributed by atoms with Crippen LogP contribution in [0.25, 0.3) is 27.7 Å². The number of aromatic nitrogens is 2. The molecule has 3 aromatic carbocycles. The van der Waals surface area contributed by atoms with Gasteiger partial charge >= 0.3 is 5.69 Å². The van der Waals surface area contributed by atoms with Gasteiger partial charge in [0.25, 0.3) is 0 Å². The number of ether oxygens (including phenoxy) is 1. The zero-order chi connectivity index (χ0) is 30.3. The second-order valence-corrected chi connectivity index (χ2v) is 11.8. The number of nitrogens with zero attached hydrogens (tertiary/aromatic N) is 4. The van der Waals surface area contributed by atoms with Crippen molar-refractivity contribution in [3.63, 3.8) is 0 Å². The monoisotopic (exact) mass is 624 g/mol. The number of hydrogen-bond acceptors (Lipinski definition) is 5. The molecule has 1 atom stereocenters. The standard InChI is InChI=1S/C32H31Cl3N4O3/c1-6-29(40)37-11-12-38(19(4)17-37)31-24-15-25(33)22(23-13-20(42-5)14-26(34)30(23)35)16-28(24)39(32(41)36-31)27-10-8-7-9-21(27)18(2)3/h6-10,13-16,18-19H,1,11-12,17H2,2-5H3. The van der Waals surface area contributed by atoms with Crippen LogP contribution in [0, 0.1) is 0 Å². The minimum Gasteiger partial charge on any atom is -0.497 e. The number of halogens is 3. The zero-order valence-corrected chi connectivity index (χ0v) is 26.1. The molecule has 0 N–H and O–H groups in total. The maximum atomic E-state index is 14.0. The lowest BCUT2D eigenvalue weighted by Gasteiger charge is -2.40. The van der Waals surface area contributed by atoms with E-state index in [1.165, 1.54) is 6.08 Å². The van der Waals surface area contributed by atoms with Crippen molar-refractivity contribution >= 4 is 57.4 Å². The highest BCUT2D eigenvalue weighted by molar-refractivity contribution is 6.44. The van der Waals surface area contributed by atoms with Crippen molar-refractivity contribution < 1.29 is 9.53 Å². The van der Waals surface area contributed by atoms with Crippen molar-refractivity contribution in [2.75, 3.05) is 31.6 Å². The third-order valence-corrected chi connectivity index (χ3v) is 8.79. The second-order valence-electron chi connectivity index (χ2n) is 10.6. The average Bonchev–Trinajstić information content (AvgIpc) is 2.97. The summed E-state index contributed by atoms with van der Waals surface area (Å²) in [5.41, 5.74) is 3.09. The Kier molecular flexibility index (Phi) is 8.56. The van der Waals surface area contributed by atoms with E-state index in [0.29, 0.717) is 68.3 Å². The van der Waals surface area contributed by atoms with E-state index in [0.717, 1.165) is 11.3 Å². The van der Waals surface area contributed by atoms with Crippen LogP contribution in [0.2, 0.25) is 15.1 Å². The van der Waals surface area contributed by atoms with E-state index in [2.05, 4.69) is 30.3 Å². The largest absolute Gasteiger partial charge is 0.497 e. The lowest BCUT2D eigenvalue weighted by molar-refractivity contribution is -0.126. The Morgan fingerprint density at radius 1 is 1.07 bits per heavy atom. The quantitative estimate of drug-likeness (QED) is 0.209. The first-order chi connectivity index (χ1) is 20.0. The molecule has 7 nitrogen and oxygen atoms in total. The molecule has 4 aromatic rings. The van der Waals surface area contributed by atoms with Crippen molar-refractivity contribution in [3.05, 3.63) is 92.3 Å². The van der Waals surface area contributed by atoms with Gasteiger partial charge in [-0.2, -0.15) is 4.98 Å². The zero-order valence-electron chi connectivity index (χ0n) is 23.8. The van der Waals surface area contributed by atoms with Gasteiger partial charge in [-0.1, -0.05) is 73.4 Å². The van der Waals surface area contributed by atoms with Crippen LogP contribution in [0.15, 0.2) is 66.0 Å². The van der Waals surface area contributed by atoms with Crippen LogP contribution in [0.4, 0.5) is 5.82 Å². The molecule has 1 aliphatic heterocycles. The summed E-state index contributed by atoms with van der Waals surface area (Å²) in [7, 11) is 1.55. The fourth-order valence-electron chi connectivity index (χ4n) is 5.55. The van der Waals surface area contributed by atoms with E-state index >= 15 is 0 Å². The number of fused-ring (bicyclic) bond motifs is 1. The third-order valence-electron chi connectivity index (χ3n) is 7.67. The SMILES string of the molecule is C=CC(=O)N1CCN(c2nc(=O)n(-c3ccccc3C(C)C)c3cc(-c4cc(OC)cc(Cl)c4Cl)c(Cl)cc23)C(C)C1. The molecular weight excluding hydrogens is 595 g/mol. The summed E-state index contributed by atoms with van der Waals surface area (Å²) in [6, 6.07) is 14.8. The number of benzene rings is 3. The van der Waals surface area contributed by atoms with E-state index < -0.39 is 5.69 Å². The fraction of sp³-hybridized carbons (Fsp3) is 0.281. The van der Waals surface area contributed by atoms with Gasteiger partial charge in [0.15, 0.2) is 0 Å². The summed E-state index contributed by atoms with van der Waals surface area (Å²) in [4.78, 5) is 34.7. The molecule has 1 aliphatic rings. The Hall–Kier alpha value is -3.52. The lowest BCUT2D eigenvalue weighted by Crippen LogP contribution is -2.54. The molecule has 1 amide bonds. The van der Waals surface area contributed by atoms with E-state index in [-0.39, 0.29) is 17.9 Å². The molecule has 2 heterocycles. The van der Waals surface area contributed by atoms with Crippen LogP contribution in [0.3, 0.4) is 0 Å². The maximum absolute atomic E-state index is 14.0. The Bertz CT molecular complexity index is 1770. The molecule has 1 saturated heterocycles. The number of para-hydroxylation sites is 1. The first-order valence-corrected chi connectivity index (χ1v) is 14.8. The predicted octanol–water partition coefficient (Wildman–Crippen LogP) is 7.37. The lowest BCUT2D eigenvalue weighted by atomic mass is 9.99. The average molecular weight is 626 g/mol. The van der Waals surface area contributed by atoms with E-state index in [4.69, 9.17) is 39.5 Å². The molecule has 218 valence electrons. The minimum absolute atomic E-state index is 0.110.